The molecule has 7 aromatic carbocycles. The molecule has 0 amide bonds. The van der Waals surface area contributed by atoms with E-state index < -0.39 is 5.41 Å². The van der Waals surface area contributed by atoms with Crippen LogP contribution in [0.25, 0.3) is 53.7 Å². The minimum atomic E-state index is -0.425. The normalized spacial score (nSPS) is 20.1. The van der Waals surface area contributed by atoms with Crippen LogP contribution in [0.3, 0.4) is 0 Å². The van der Waals surface area contributed by atoms with Crippen molar-refractivity contribution in [3.05, 3.63) is 215 Å². The summed E-state index contributed by atoms with van der Waals surface area (Å²) in [6.07, 6.45) is 6.43. The molecule has 1 aromatic heterocycles. The average molecular weight is 680 g/mol. The van der Waals surface area contributed by atoms with Crippen molar-refractivity contribution in [2.24, 2.45) is 4.99 Å². The second-order valence-electron chi connectivity index (χ2n) is 14.0. The van der Waals surface area contributed by atoms with Gasteiger partial charge in [0, 0.05) is 37.0 Å². The zero-order chi connectivity index (χ0) is 34.2. The molecule has 0 bridgehead atoms. The smallest absolute Gasteiger partial charge is 0.0726 e. The fourth-order valence-electron chi connectivity index (χ4n) is 9.32. The number of aliphatic imine (C=N–C) groups is 1. The molecule has 8 aromatic rings. The van der Waals surface area contributed by atoms with Crippen molar-refractivity contribution in [2.45, 2.75) is 18.3 Å². The first-order chi connectivity index (χ1) is 25.8. The monoisotopic (exact) mass is 679 g/mol. The van der Waals surface area contributed by atoms with Crippen LogP contribution in [-0.4, -0.2) is 5.71 Å². The van der Waals surface area contributed by atoms with Gasteiger partial charge in [-0.25, -0.2) is 0 Å². The maximum atomic E-state index is 5.61. The number of benzene rings is 7. The van der Waals surface area contributed by atoms with E-state index in [4.69, 9.17) is 4.99 Å². The summed E-state index contributed by atoms with van der Waals surface area (Å²) in [7, 11) is 0. The van der Waals surface area contributed by atoms with Gasteiger partial charge in [-0.15, -0.1) is 11.3 Å². The lowest BCUT2D eigenvalue weighted by Crippen LogP contribution is -2.26. The highest BCUT2D eigenvalue weighted by atomic mass is 32.1. The molecule has 52 heavy (non-hydrogen) atoms. The van der Waals surface area contributed by atoms with Gasteiger partial charge in [-0.3, -0.25) is 4.99 Å². The number of allylic oxidation sites excluding steroid dienone is 3. The first kappa shape index (κ1) is 29.6. The summed E-state index contributed by atoms with van der Waals surface area (Å²) in [4.78, 5) is 5.61. The second-order valence-corrected chi connectivity index (χ2v) is 15.1. The third-order valence-corrected chi connectivity index (χ3v) is 12.5. The van der Waals surface area contributed by atoms with E-state index >= 15 is 0 Å². The van der Waals surface area contributed by atoms with Crippen LogP contribution in [0, 0.1) is 0 Å². The van der Waals surface area contributed by atoms with Crippen molar-refractivity contribution in [1.82, 2.24) is 0 Å². The van der Waals surface area contributed by atoms with E-state index in [-0.39, 0.29) is 0 Å². The Morgan fingerprint density at radius 2 is 1.10 bits per heavy atom. The maximum absolute atomic E-state index is 5.61. The molecule has 1 spiro atoms. The van der Waals surface area contributed by atoms with Crippen LogP contribution in [0.2, 0.25) is 0 Å². The maximum Gasteiger partial charge on any atom is 0.0726 e. The second kappa shape index (κ2) is 11.5. The van der Waals surface area contributed by atoms with E-state index in [1.165, 1.54) is 81.4 Å². The zero-order valence-corrected chi connectivity index (χ0v) is 29.3. The Labute approximate surface area is 307 Å². The van der Waals surface area contributed by atoms with Gasteiger partial charge in [-0.05, 0) is 86.7 Å². The van der Waals surface area contributed by atoms with Gasteiger partial charge >= 0.3 is 0 Å². The fraction of sp³-hybridized carbons (Fsp3) is 0.0600. The van der Waals surface area contributed by atoms with Crippen molar-refractivity contribution in [1.29, 1.82) is 0 Å². The highest BCUT2D eigenvalue weighted by molar-refractivity contribution is 7.26. The van der Waals surface area contributed by atoms with Crippen LogP contribution < -0.4 is 0 Å². The Morgan fingerprint density at radius 3 is 1.88 bits per heavy atom. The average Bonchev–Trinajstić information content (AvgIpc) is 3.83. The molecule has 0 saturated carbocycles. The third kappa shape index (κ3) is 4.13. The Balaban J connectivity index is 1.18. The first-order valence-electron chi connectivity index (χ1n) is 18.2. The highest BCUT2D eigenvalue weighted by Crippen LogP contribution is 2.65. The molecule has 1 unspecified atom stereocenters. The van der Waals surface area contributed by atoms with Crippen LogP contribution in [-0.2, 0) is 5.41 Å². The van der Waals surface area contributed by atoms with Gasteiger partial charge in [0.05, 0.1) is 11.1 Å². The quantitative estimate of drug-likeness (QED) is 0.176. The molecule has 11 rings (SSSR count). The summed E-state index contributed by atoms with van der Waals surface area (Å²) < 4.78 is 2.69. The van der Waals surface area contributed by atoms with Gasteiger partial charge in [-0.1, -0.05) is 158 Å². The highest BCUT2D eigenvalue weighted by Gasteiger charge is 2.52. The number of thiophene rings is 1. The van der Waals surface area contributed by atoms with Crippen LogP contribution in [0.4, 0.5) is 0 Å². The number of hydrogen-bond donors (Lipinski definition) is 0. The summed E-state index contributed by atoms with van der Waals surface area (Å²) in [5, 5.41) is 2.73. The van der Waals surface area contributed by atoms with Crippen molar-refractivity contribution >= 4 is 48.5 Å². The lowest BCUT2D eigenvalue weighted by molar-refractivity contribution is 0.794. The molecular formula is C50H33NS. The number of fused-ring (bicyclic) bond motifs is 14. The molecule has 2 heteroatoms. The van der Waals surface area contributed by atoms with E-state index in [1.54, 1.807) is 0 Å². The predicted octanol–water partition coefficient (Wildman–Crippen LogP) is 13.1. The van der Waals surface area contributed by atoms with E-state index in [0.29, 0.717) is 0 Å². The van der Waals surface area contributed by atoms with Gasteiger partial charge in [0.15, 0.2) is 0 Å². The molecule has 0 N–H and O–H groups in total. The van der Waals surface area contributed by atoms with Gasteiger partial charge in [-0.2, -0.15) is 0 Å². The van der Waals surface area contributed by atoms with Gasteiger partial charge in [0.2, 0.25) is 0 Å². The zero-order valence-electron chi connectivity index (χ0n) is 28.5. The largest absolute Gasteiger partial charge is 0.252 e. The summed E-state index contributed by atoms with van der Waals surface area (Å²) in [6.45, 7) is 0. The fourth-order valence-corrected chi connectivity index (χ4v) is 10.4. The Kier molecular flexibility index (Phi) is 6.53. The Morgan fingerprint density at radius 1 is 0.481 bits per heavy atom. The van der Waals surface area contributed by atoms with Crippen molar-refractivity contribution in [3.63, 3.8) is 0 Å². The summed E-state index contributed by atoms with van der Waals surface area (Å²) in [5.74, 6) is 0. The van der Waals surface area contributed by atoms with E-state index in [1.807, 2.05) is 11.3 Å². The molecule has 2 aliphatic carbocycles. The van der Waals surface area contributed by atoms with Crippen LogP contribution in [0.1, 0.15) is 51.8 Å². The third-order valence-electron chi connectivity index (χ3n) is 11.4. The van der Waals surface area contributed by atoms with Crippen molar-refractivity contribution in [2.75, 3.05) is 0 Å². The summed E-state index contributed by atoms with van der Waals surface area (Å²) in [6, 6.07) is 60.4. The molecule has 2 heterocycles. The van der Waals surface area contributed by atoms with Crippen LogP contribution >= 0.6 is 11.3 Å². The lowest BCUT2D eigenvalue weighted by Gasteiger charge is -2.30. The standard InChI is InChI=1S/C50H33NS/c1-3-15-32(16-4-1)34-19-13-27-43(51-44(31-34)33-17-5-2-6-18-33)37-23-14-26-41-47(37)35-20-7-10-24-39(35)50(41)40-25-11-8-21-36(40)48-42(50)29-30-46-49(48)38-22-9-12-28-45(38)52-46/h1-12,14-26,28-31H,13,27H2/b34-19+,44-31-,51-43+. The molecule has 244 valence electrons. The minimum Gasteiger partial charge on any atom is -0.252 e. The van der Waals surface area contributed by atoms with Crippen molar-refractivity contribution < 1.29 is 0 Å². The SMILES string of the molecule is C1=C(c2ccccc2)\N=C(\c2cccc3c2-c2ccccc2C32c3ccccc3-c3c2ccc2sc4ccccc4c32)CC\C=C/1c1ccccc1. The minimum absolute atomic E-state index is 0.425. The number of nitrogens with zero attached hydrogens (tertiary/aromatic N) is 1. The molecule has 3 aliphatic rings. The van der Waals surface area contributed by atoms with E-state index in [9.17, 15) is 0 Å². The van der Waals surface area contributed by atoms with Crippen molar-refractivity contribution in [3.8, 4) is 22.3 Å². The molecule has 1 nitrogen and oxygen atoms in total. The molecule has 1 atom stereocenters. The first-order valence-corrected chi connectivity index (χ1v) is 19.0. The number of rotatable bonds is 3. The molecule has 1 aliphatic heterocycles. The predicted molar refractivity (Wildman–Crippen MR) is 220 cm³/mol. The van der Waals surface area contributed by atoms with Gasteiger partial charge in [0.1, 0.15) is 0 Å². The molecular weight excluding hydrogens is 647 g/mol. The molecule has 0 saturated heterocycles. The Bertz CT molecular complexity index is 2830. The van der Waals surface area contributed by atoms with E-state index in [0.717, 1.165) is 29.8 Å². The number of hydrogen-bond acceptors (Lipinski definition) is 2. The Hall–Kier alpha value is -6.09. The molecule has 0 radical (unpaired) electrons. The summed E-state index contributed by atoms with van der Waals surface area (Å²) >= 11 is 1.90. The van der Waals surface area contributed by atoms with Gasteiger partial charge in [0.25, 0.3) is 0 Å². The molecule has 0 fully saturated rings. The topological polar surface area (TPSA) is 12.4 Å². The van der Waals surface area contributed by atoms with Crippen LogP contribution in [0.15, 0.2) is 181 Å². The van der Waals surface area contributed by atoms with Crippen LogP contribution in [0.5, 0.6) is 0 Å². The summed E-state index contributed by atoms with van der Waals surface area (Å²) in [5.41, 5.74) is 17.3. The van der Waals surface area contributed by atoms with E-state index in [2.05, 4.69) is 176 Å². The van der Waals surface area contributed by atoms with Gasteiger partial charge < -0.3 is 0 Å². The lowest BCUT2D eigenvalue weighted by atomic mass is 9.70.